The first-order valence-electron chi connectivity index (χ1n) is 11.7. The molecule has 1 aromatic carbocycles. The standard InChI is InChI=1S/C24H26Cl2F2N4O2/c25-18-10-14(23(34)31-8-5-24(27,28)6-9-31)11-19(26)16(18)13-21-17-12-15(3-4-20(17)29-30-21)32-7-1-2-22(32)33/h10-11,15H,1-9,12-13H2,(H,29,30)/t15-/m0/s1. The number of alkyl halides is 2. The van der Waals surface area contributed by atoms with Crippen molar-refractivity contribution >= 4 is 35.0 Å². The summed E-state index contributed by atoms with van der Waals surface area (Å²) in [5, 5.41) is 8.30. The molecule has 2 saturated heterocycles. The molecule has 1 atom stereocenters. The first-order valence-corrected chi connectivity index (χ1v) is 12.5. The highest BCUT2D eigenvalue weighted by atomic mass is 35.5. The third-order valence-corrected chi connectivity index (χ3v) is 7.94. The lowest BCUT2D eigenvalue weighted by molar-refractivity contribution is -0.129. The van der Waals surface area contributed by atoms with E-state index in [2.05, 4.69) is 10.2 Å². The van der Waals surface area contributed by atoms with Gasteiger partial charge in [0, 0.05) is 72.7 Å². The molecule has 2 aromatic rings. The second kappa shape index (κ2) is 9.11. The van der Waals surface area contributed by atoms with E-state index in [1.54, 1.807) is 12.1 Å². The number of hydrogen-bond acceptors (Lipinski definition) is 3. The van der Waals surface area contributed by atoms with Crippen molar-refractivity contribution in [2.24, 2.45) is 0 Å². The number of aromatic nitrogens is 2. The molecule has 10 heteroatoms. The summed E-state index contributed by atoms with van der Waals surface area (Å²) in [5.41, 5.74) is 4.00. The largest absolute Gasteiger partial charge is 0.339 e. The molecule has 0 bridgehead atoms. The summed E-state index contributed by atoms with van der Waals surface area (Å²) >= 11 is 13.1. The van der Waals surface area contributed by atoms with Gasteiger partial charge in [-0.3, -0.25) is 14.7 Å². The highest BCUT2D eigenvalue weighted by Gasteiger charge is 2.36. The average molecular weight is 511 g/mol. The van der Waals surface area contributed by atoms with Gasteiger partial charge in [-0.05, 0) is 48.9 Å². The van der Waals surface area contributed by atoms with E-state index in [4.69, 9.17) is 23.2 Å². The molecular weight excluding hydrogens is 485 g/mol. The van der Waals surface area contributed by atoms with Crippen molar-refractivity contribution in [3.8, 4) is 0 Å². The number of rotatable bonds is 4. The summed E-state index contributed by atoms with van der Waals surface area (Å²) < 4.78 is 26.9. The number of hydrogen-bond donors (Lipinski definition) is 1. The fourth-order valence-electron chi connectivity index (χ4n) is 5.29. The smallest absolute Gasteiger partial charge is 0.253 e. The maximum atomic E-state index is 13.4. The van der Waals surface area contributed by atoms with E-state index in [1.807, 2.05) is 4.90 Å². The average Bonchev–Trinajstić information content (AvgIpc) is 3.41. The van der Waals surface area contributed by atoms with Crippen molar-refractivity contribution < 1.29 is 18.4 Å². The van der Waals surface area contributed by atoms with Gasteiger partial charge in [0.15, 0.2) is 0 Å². The number of aryl methyl sites for hydroxylation is 1. The van der Waals surface area contributed by atoms with Crippen LogP contribution in [0.2, 0.25) is 10.0 Å². The van der Waals surface area contributed by atoms with E-state index in [1.165, 1.54) is 4.90 Å². The van der Waals surface area contributed by atoms with Gasteiger partial charge in [0.25, 0.3) is 11.8 Å². The van der Waals surface area contributed by atoms with E-state index in [0.29, 0.717) is 34.0 Å². The Morgan fingerprint density at radius 2 is 1.85 bits per heavy atom. The van der Waals surface area contributed by atoms with Crippen LogP contribution in [-0.2, 0) is 24.1 Å². The van der Waals surface area contributed by atoms with Gasteiger partial charge in [-0.25, -0.2) is 8.78 Å². The van der Waals surface area contributed by atoms with Crippen LogP contribution in [0.4, 0.5) is 8.78 Å². The number of benzene rings is 1. The molecule has 1 aliphatic carbocycles. The lowest BCUT2D eigenvalue weighted by Crippen LogP contribution is -2.42. The number of nitrogens with zero attached hydrogens (tertiary/aromatic N) is 3. The molecule has 34 heavy (non-hydrogen) atoms. The SMILES string of the molecule is O=C(c1cc(Cl)c(Cc2[nH]nc3c2C[C@@H](N2CCCC2=O)CC3)c(Cl)c1)N1CCC(F)(F)CC1. The summed E-state index contributed by atoms with van der Waals surface area (Å²) in [6.45, 7) is 0.821. The normalized spacial score (nSPS) is 22.2. The molecule has 3 aliphatic rings. The van der Waals surface area contributed by atoms with Crippen molar-refractivity contribution in [2.75, 3.05) is 19.6 Å². The van der Waals surface area contributed by atoms with Crippen LogP contribution in [0.1, 0.15) is 65.0 Å². The maximum absolute atomic E-state index is 13.4. The summed E-state index contributed by atoms with van der Waals surface area (Å²) in [5.74, 6) is -2.84. The monoisotopic (exact) mass is 510 g/mol. The van der Waals surface area contributed by atoms with Crippen molar-refractivity contribution in [1.29, 1.82) is 0 Å². The number of carbonyl (C=O) groups excluding carboxylic acids is 2. The Balaban J connectivity index is 1.33. The molecule has 5 rings (SSSR count). The van der Waals surface area contributed by atoms with Crippen molar-refractivity contribution in [3.05, 3.63) is 50.3 Å². The molecule has 182 valence electrons. The molecule has 0 unspecified atom stereocenters. The summed E-state index contributed by atoms with van der Waals surface area (Å²) in [6, 6.07) is 3.31. The third kappa shape index (κ3) is 4.54. The number of fused-ring (bicyclic) bond motifs is 1. The minimum atomic E-state index is -2.72. The van der Waals surface area contributed by atoms with Gasteiger partial charge in [-0.15, -0.1) is 0 Å². The fraction of sp³-hybridized carbons (Fsp3) is 0.542. The minimum absolute atomic E-state index is 0.00376. The Morgan fingerprint density at radius 3 is 2.50 bits per heavy atom. The third-order valence-electron chi connectivity index (χ3n) is 7.27. The van der Waals surface area contributed by atoms with Gasteiger partial charge in [-0.1, -0.05) is 23.2 Å². The van der Waals surface area contributed by atoms with Gasteiger partial charge in [0.05, 0.1) is 5.69 Å². The van der Waals surface area contributed by atoms with Crippen molar-refractivity contribution in [3.63, 3.8) is 0 Å². The maximum Gasteiger partial charge on any atom is 0.253 e. The number of halogens is 4. The van der Waals surface area contributed by atoms with E-state index < -0.39 is 5.92 Å². The van der Waals surface area contributed by atoms with E-state index >= 15 is 0 Å². The lowest BCUT2D eigenvalue weighted by atomic mass is 9.89. The molecular formula is C24H26Cl2F2N4O2. The molecule has 2 amide bonds. The molecule has 6 nitrogen and oxygen atoms in total. The minimum Gasteiger partial charge on any atom is -0.339 e. The summed E-state index contributed by atoms with van der Waals surface area (Å²) in [6.07, 6.45) is 3.74. The summed E-state index contributed by atoms with van der Waals surface area (Å²) in [4.78, 5) is 28.5. The molecule has 2 fully saturated rings. The molecule has 3 heterocycles. The second-order valence-corrected chi connectivity index (χ2v) is 10.3. The number of amides is 2. The first-order chi connectivity index (χ1) is 16.2. The zero-order chi connectivity index (χ0) is 24.0. The molecule has 0 radical (unpaired) electrons. The molecule has 2 aliphatic heterocycles. The quantitative estimate of drug-likeness (QED) is 0.650. The van der Waals surface area contributed by atoms with Crippen LogP contribution in [0.25, 0.3) is 0 Å². The lowest BCUT2D eigenvalue weighted by Gasteiger charge is -2.32. The van der Waals surface area contributed by atoms with E-state index in [9.17, 15) is 18.4 Å². The highest BCUT2D eigenvalue weighted by Crippen LogP contribution is 2.34. The molecule has 1 aromatic heterocycles. The van der Waals surface area contributed by atoms with Gasteiger partial charge in [0.2, 0.25) is 5.91 Å². The van der Waals surface area contributed by atoms with Gasteiger partial charge in [0.1, 0.15) is 0 Å². The zero-order valence-electron chi connectivity index (χ0n) is 18.7. The number of H-pyrrole nitrogens is 1. The number of aromatic amines is 1. The Morgan fingerprint density at radius 1 is 1.15 bits per heavy atom. The Labute approximate surface area is 206 Å². The van der Waals surface area contributed by atoms with Gasteiger partial charge >= 0.3 is 0 Å². The molecule has 0 saturated carbocycles. The van der Waals surface area contributed by atoms with Crippen molar-refractivity contribution in [1.82, 2.24) is 20.0 Å². The second-order valence-electron chi connectivity index (χ2n) is 9.46. The summed E-state index contributed by atoms with van der Waals surface area (Å²) in [7, 11) is 0. The van der Waals surface area contributed by atoms with Crippen LogP contribution in [-0.4, -0.2) is 63.4 Å². The topological polar surface area (TPSA) is 69.3 Å². The van der Waals surface area contributed by atoms with Gasteiger partial charge in [-0.2, -0.15) is 5.10 Å². The molecule has 1 N–H and O–H groups in total. The Kier molecular flexibility index (Phi) is 6.31. The number of nitrogens with one attached hydrogen (secondary N) is 1. The fourth-order valence-corrected chi connectivity index (χ4v) is 5.91. The predicted molar refractivity (Wildman–Crippen MR) is 125 cm³/mol. The van der Waals surface area contributed by atoms with Crippen LogP contribution in [0.5, 0.6) is 0 Å². The predicted octanol–water partition coefficient (Wildman–Crippen LogP) is 4.66. The van der Waals surface area contributed by atoms with Crippen molar-refractivity contribution in [2.45, 2.75) is 63.3 Å². The number of carbonyl (C=O) groups is 2. The van der Waals surface area contributed by atoms with Crippen LogP contribution in [0, 0.1) is 0 Å². The Hall–Kier alpha value is -2.19. The van der Waals surface area contributed by atoms with Crippen LogP contribution < -0.4 is 0 Å². The van der Waals surface area contributed by atoms with Crippen LogP contribution >= 0.6 is 23.2 Å². The number of piperidine rings is 1. The number of likely N-dealkylation sites (tertiary alicyclic amines) is 2. The van der Waals surface area contributed by atoms with Gasteiger partial charge < -0.3 is 9.80 Å². The zero-order valence-corrected chi connectivity index (χ0v) is 20.2. The highest BCUT2D eigenvalue weighted by molar-refractivity contribution is 6.36. The molecule has 0 spiro atoms. The Bertz CT molecular complexity index is 1100. The van der Waals surface area contributed by atoms with E-state index in [-0.39, 0.29) is 43.8 Å². The van der Waals surface area contributed by atoms with Crippen LogP contribution in [0.3, 0.4) is 0 Å². The first kappa shape index (κ1) is 23.5. The van der Waals surface area contributed by atoms with E-state index in [0.717, 1.165) is 49.2 Å². The van der Waals surface area contributed by atoms with Crippen LogP contribution in [0.15, 0.2) is 12.1 Å².